The fraction of sp³-hybridized carbons (Fsp3) is 0.353. The molecule has 23 heavy (non-hydrogen) atoms. The van der Waals surface area contributed by atoms with Crippen LogP contribution in [0.2, 0.25) is 0 Å². The highest BCUT2D eigenvalue weighted by molar-refractivity contribution is 7.99. The maximum Gasteiger partial charge on any atom is 0.371 e. The second-order valence-corrected chi connectivity index (χ2v) is 6.12. The molecule has 0 fully saturated rings. The molecule has 5 nitrogen and oxygen atoms in total. The van der Waals surface area contributed by atoms with E-state index in [9.17, 15) is 4.79 Å². The molecule has 0 saturated heterocycles. The molecule has 0 aliphatic carbocycles. The van der Waals surface area contributed by atoms with E-state index in [1.54, 1.807) is 6.07 Å². The minimum Gasteiger partial charge on any atom is -0.494 e. The van der Waals surface area contributed by atoms with E-state index in [2.05, 4.69) is 0 Å². The normalized spacial score (nSPS) is 12.0. The predicted octanol–water partition coefficient (Wildman–Crippen LogP) is 4.63. The van der Waals surface area contributed by atoms with Crippen LogP contribution in [0.4, 0.5) is 0 Å². The molecule has 1 aromatic carbocycles. The minimum absolute atomic E-state index is 0.0550. The predicted molar refractivity (Wildman–Crippen MR) is 88.7 cm³/mol. The van der Waals surface area contributed by atoms with Crippen molar-refractivity contribution in [1.82, 2.24) is 0 Å². The average Bonchev–Trinajstić information content (AvgIpc) is 3.00. The van der Waals surface area contributed by atoms with Gasteiger partial charge in [-0.1, -0.05) is 0 Å². The summed E-state index contributed by atoms with van der Waals surface area (Å²) in [6.45, 7) is 6.98. The zero-order valence-electron chi connectivity index (χ0n) is 13.4. The molecule has 0 aliphatic rings. The van der Waals surface area contributed by atoms with E-state index in [1.807, 2.05) is 39.0 Å². The number of ether oxygens (including phenoxy) is 2. The van der Waals surface area contributed by atoms with Gasteiger partial charge in [0.15, 0.2) is 0 Å². The molecule has 0 bridgehead atoms. The Balaban J connectivity index is 2.21. The van der Waals surface area contributed by atoms with Crippen molar-refractivity contribution >= 4 is 17.7 Å². The summed E-state index contributed by atoms with van der Waals surface area (Å²) in [5, 5.41) is 8.89. The second kappa shape index (κ2) is 7.97. The van der Waals surface area contributed by atoms with E-state index in [-0.39, 0.29) is 11.0 Å². The monoisotopic (exact) mass is 336 g/mol. The number of hydrogen-bond acceptors (Lipinski definition) is 5. The molecule has 2 rings (SSSR count). The van der Waals surface area contributed by atoms with Gasteiger partial charge in [0, 0.05) is 0 Å². The van der Waals surface area contributed by atoms with Crippen LogP contribution >= 0.6 is 11.8 Å². The summed E-state index contributed by atoms with van der Waals surface area (Å²) in [6.07, 6.45) is 0. The number of aromatic carboxylic acids is 1. The third kappa shape index (κ3) is 4.45. The average molecular weight is 336 g/mol. The quantitative estimate of drug-likeness (QED) is 0.709. The Morgan fingerprint density at radius 2 is 1.96 bits per heavy atom. The molecule has 0 saturated carbocycles. The molecule has 1 atom stereocenters. The van der Waals surface area contributed by atoms with E-state index in [4.69, 9.17) is 19.0 Å². The number of rotatable bonds is 8. The lowest BCUT2D eigenvalue weighted by atomic mass is 10.3. The lowest BCUT2D eigenvalue weighted by Gasteiger charge is -2.14. The fourth-order valence-electron chi connectivity index (χ4n) is 2.05. The van der Waals surface area contributed by atoms with Gasteiger partial charge in [-0.05, 0) is 51.1 Å². The molecule has 1 aromatic heterocycles. The lowest BCUT2D eigenvalue weighted by molar-refractivity contribution is 0.0660. The number of benzene rings is 1. The van der Waals surface area contributed by atoms with Crippen LogP contribution in [0.5, 0.6) is 11.5 Å². The van der Waals surface area contributed by atoms with Gasteiger partial charge < -0.3 is 19.0 Å². The van der Waals surface area contributed by atoms with Crippen LogP contribution in [0.3, 0.4) is 0 Å². The molecule has 2 aromatic rings. The number of hydrogen-bond donors (Lipinski definition) is 1. The molecule has 1 unspecified atom stereocenters. The standard InChI is InChI=1S/C17H20O5S/c1-4-20-12-6-7-14(21-5-2)16(10-12)23-11(3)13-8-9-15(22-13)17(18)19/h6-11H,4-5H2,1-3H3,(H,18,19). The van der Waals surface area contributed by atoms with Crippen LogP contribution in [0, 0.1) is 0 Å². The van der Waals surface area contributed by atoms with Crippen LogP contribution in [0.15, 0.2) is 39.6 Å². The van der Waals surface area contributed by atoms with Gasteiger partial charge in [-0.3, -0.25) is 0 Å². The topological polar surface area (TPSA) is 68.9 Å². The first kappa shape index (κ1) is 17.3. The van der Waals surface area contributed by atoms with Crippen LogP contribution in [-0.2, 0) is 0 Å². The summed E-state index contributed by atoms with van der Waals surface area (Å²) >= 11 is 1.54. The van der Waals surface area contributed by atoms with Gasteiger partial charge in [-0.2, -0.15) is 0 Å². The summed E-state index contributed by atoms with van der Waals surface area (Å²) in [5.41, 5.74) is 0. The van der Waals surface area contributed by atoms with Crippen LogP contribution in [0.1, 0.15) is 42.3 Å². The summed E-state index contributed by atoms with van der Waals surface area (Å²) < 4.78 is 16.5. The van der Waals surface area contributed by atoms with Gasteiger partial charge in [0.2, 0.25) is 5.76 Å². The fourth-order valence-corrected chi connectivity index (χ4v) is 3.10. The molecule has 124 valence electrons. The van der Waals surface area contributed by atoms with Crippen molar-refractivity contribution in [2.24, 2.45) is 0 Å². The summed E-state index contributed by atoms with van der Waals surface area (Å²) in [4.78, 5) is 11.8. The lowest BCUT2D eigenvalue weighted by Crippen LogP contribution is -1.97. The van der Waals surface area contributed by atoms with E-state index in [0.29, 0.717) is 19.0 Å². The zero-order valence-corrected chi connectivity index (χ0v) is 14.2. The van der Waals surface area contributed by atoms with E-state index < -0.39 is 5.97 Å². The first-order valence-electron chi connectivity index (χ1n) is 7.44. The maximum absolute atomic E-state index is 10.9. The molecule has 0 amide bonds. The zero-order chi connectivity index (χ0) is 16.8. The Kier molecular flexibility index (Phi) is 5.98. The molecule has 0 spiro atoms. The Morgan fingerprint density at radius 3 is 2.57 bits per heavy atom. The minimum atomic E-state index is -1.07. The second-order valence-electron chi connectivity index (χ2n) is 4.74. The highest BCUT2D eigenvalue weighted by Crippen LogP contribution is 2.41. The molecule has 1 heterocycles. The summed E-state index contributed by atoms with van der Waals surface area (Å²) in [7, 11) is 0. The van der Waals surface area contributed by atoms with Crippen molar-refractivity contribution in [3.63, 3.8) is 0 Å². The van der Waals surface area contributed by atoms with Gasteiger partial charge in [0.25, 0.3) is 0 Å². The molecular formula is C17H20O5S. The third-order valence-electron chi connectivity index (χ3n) is 3.07. The largest absolute Gasteiger partial charge is 0.494 e. The summed E-state index contributed by atoms with van der Waals surface area (Å²) in [5.74, 6) is 1.04. The number of thioether (sulfide) groups is 1. The smallest absolute Gasteiger partial charge is 0.371 e. The van der Waals surface area contributed by atoms with Gasteiger partial charge in [0.1, 0.15) is 17.3 Å². The van der Waals surface area contributed by atoms with Crippen molar-refractivity contribution in [1.29, 1.82) is 0 Å². The highest BCUT2D eigenvalue weighted by atomic mass is 32.2. The van der Waals surface area contributed by atoms with Crippen LogP contribution in [0.25, 0.3) is 0 Å². The third-order valence-corrected chi connectivity index (χ3v) is 4.23. The van der Waals surface area contributed by atoms with Crippen LogP contribution in [-0.4, -0.2) is 24.3 Å². The van der Waals surface area contributed by atoms with Crippen molar-refractivity contribution in [3.05, 3.63) is 41.9 Å². The van der Waals surface area contributed by atoms with Crippen molar-refractivity contribution in [3.8, 4) is 11.5 Å². The summed E-state index contributed by atoms with van der Waals surface area (Å²) in [6, 6.07) is 8.84. The Hall–Kier alpha value is -2.08. The van der Waals surface area contributed by atoms with Crippen molar-refractivity contribution < 1.29 is 23.8 Å². The van der Waals surface area contributed by atoms with Gasteiger partial charge in [-0.15, -0.1) is 11.8 Å². The highest BCUT2D eigenvalue weighted by Gasteiger charge is 2.17. The maximum atomic E-state index is 10.9. The Morgan fingerprint density at radius 1 is 1.22 bits per heavy atom. The number of carboxylic acids is 1. The molecule has 6 heteroatoms. The van der Waals surface area contributed by atoms with Crippen LogP contribution < -0.4 is 9.47 Å². The van der Waals surface area contributed by atoms with Gasteiger partial charge in [0.05, 0.1) is 23.4 Å². The van der Waals surface area contributed by atoms with E-state index in [1.165, 1.54) is 17.8 Å². The first-order valence-corrected chi connectivity index (χ1v) is 8.32. The SMILES string of the molecule is CCOc1ccc(OCC)c(SC(C)c2ccc(C(=O)O)o2)c1. The molecule has 0 radical (unpaired) electrons. The Bertz CT molecular complexity index is 665. The Labute approximate surface area is 139 Å². The van der Waals surface area contributed by atoms with Gasteiger partial charge in [-0.25, -0.2) is 4.79 Å². The number of carboxylic acid groups (broad SMARTS) is 1. The van der Waals surface area contributed by atoms with E-state index in [0.717, 1.165) is 16.4 Å². The van der Waals surface area contributed by atoms with Crippen molar-refractivity contribution in [2.45, 2.75) is 30.9 Å². The molecule has 1 N–H and O–H groups in total. The molecular weight excluding hydrogens is 316 g/mol. The van der Waals surface area contributed by atoms with E-state index >= 15 is 0 Å². The molecule has 0 aliphatic heterocycles. The van der Waals surface area contributed by atoms with Gasteiger partial charge >= 0.3 is 5.97 Å². The number of furan rings is 1. The van der Waals surface area contributed by atoms with Crippen molar-refractivity contribution in [2.75, 3.05) is 13.2 Å². The first-order chi connectivity index (χ1) is 11.0. The number of carbonyl (C=O) groups is 1.